The molecule has 3 aromatic rings. The second-order valence-corrected chi connectivity index (χ2v) is 8.47. The molecule has 1 fully saturated rings. The van der Waals surface area contributed by atoms with Gasteiger partial charge in [0.2, 0.25) is 0 Å². The van der Waals surface area contributed by atoms with Crippen molar-refractivity contribution in [3.63, 3.8) is 0 Å². The molecule has 5 rings (SSSR count). The molecule has 0 saturated carbocycles. The van der Waals surface area contributed by atoms with Crippen LogP contribution in [0.15, 0.2) is 85.1 Å². The first kappa shape index (κ1) is 20.1. The fraction of sp³-hybridized carbons (Fsp3) is 0.148. The van der Waals surface area contributed by atoms with Crippen molar-refractivity contribution in [3.8, 4) is 12.1 Å². The molecule has 0 spiro atoms. The van der Waals surface area contributed by atoms with Crippen molar-refractivity contribution in [1.29, 1.82) is 10.5 Å². The topological polar surface area (TPSA) is 67.9 Å². The van der Waals surface area contributed by atoms with E-state index in [2.05, 4.69) is 12.1 Å². The van der Waals surface area contributed by atoms with Gasteiger partial charge in [0.15, 0.2) is 11.2 Å². The monoisotopic (exact) mass is 435 g/mol. The second-order valence-electron chi connectivity index (χ2n) is 8.06. The molecule has 5 heteroatoms. The molecule has 2 heterocycles. The fourth-order valence-corrected chi connectivity index (χ4v) is 5.39. The van der Waals surface area contributed by atoms with Crippen LogP contribution in [-0.4, -0.2) is 16.7 Å². The number of fused-ring (bicyclic) bond motifs is 3. The summed E-state index contributed by atoms with van der Waals surface area (Å²) < 4.78 is 0. The summed E-state index contributed by atoms with van der Waals surface area (Å²) in [5.41, 5.74) is 1.45. The molecular formula is C27H18ClN3O. The van der Waals surface area contributed by atoms with Gasteiger partial charge in [-0.1, -0.05) is 84.4 Å². The van der Waals surface area contributed by atoms with E-state index in [1.807, 2.05) is 71.8 Å². The predicted octanol–water partition coefficient (Wildman–Crippen LogP) is 5.75. The van der Waals surface area contributed by atoms with E-state index in [0.29, 0.717) is 16.1 Å². The number of nitrogens with zero attached hydrogens (tertiary/aromatic N) is 3. The van der Waals surface area contributed by atoms with Crippen LogP contribution in [0.5, 0.6) is 0 Å². The molecule has 32 heavy (non-hydrogen) atoms. The van der Waals surface area contributed by atoms with E-state index in [9.17, 15) is 15.3 Å². The van der Waals surface area contributed by atoms with Crippen LogP contribution in [0.3, 0.4) is 0 Å². The molecule has 3 atom stereocenters. The molecule has 1 saturated heterocycles. The van der Waals surface area contributed by atoms with Gasteiger partial charge in [-0.3, -0.25) is 4.79 Å². The third-order valence-corrected chi connectivity index (χ3v) is 6.86. The maximum absolute atomic E-state index is 13.9. The largest absolute Gasteiger partial charge is 0.357 e. The van der Waals surface area contributed by atoms with Gasteiger partial charge < -0.3 is 4.90 Å². The highest BCUT2D eigenvalue weighted by atomic mass is 35.5. The van der Waals surface area contributed by atoms with Gasteiger partial charge in [0.1, 0.15) is 6.04 Å². The highest BCUT2D eigenvalue weighted by Gasteiger charge is 2.64. The maximum Gasteiger partial charge on any atom is 0.185 e. The van der Waals surface area contributed by atoms with E-state index < -0.39 is 23.4 Å². The zero-order valence-electron chi connectivity index (χ0n) is 17.0. The molecule has 0 N–H and O–H groups in total. The van der Waals surface area contributed by atoms with Gasteiger partial charge >= 0.3 is 0 Å². The molecule has 0 amide bonds. The molecule has 0 unspecified atom stereocenters. The average Bonchev–Trinajstić information content (AvgIpc) is 3.15. The summed E-state index contributed by atoms with van der Waals surface area (Å²) in [6, 6.07) is 27.2. The number of benzene rings is 3. The summed E-state index contributed by atoms with van der Waals surface area (Å²) >= 11 is 6.59. The maximum atomic E-state index is 13.9. The lowest BCUT2D eigenvalue weighted by molar-refractivity contribution is 0.0875. The van der Waals surface area contributed by atoms with E-state index in [1.54, 1.807) is 24.3 Å². The Morgan fingerprint density at radius 3 is 2.19 bits per heavy atom. The van der Waals surface area contributed by atoms with Crippen molar-refractivity contribution in [1.82, 2.24) is 4.90 Å². The Morgan fingerprint density at radius 2 is 1.50 bits per heavy atom. The molecule has 2 aliphatic heterocycles. The summed E-state index contributed by atoms with van der Waals surface area (Å²) in [5.74, 6) is -0.878. The van der Waals surface area contributed by atoms with Gasteiger partial charge in [0, 0.05) is 22.7 Å². The lowest BCUT2D eigenvalue weighted by Crippen LogP contribution is -2.37. The Morgan fingerprint density at radius 1 is 0.875 bits per heavy atom. The summed E-state index contributed by atoms with van der Waals surface area (Å²) in [7, 11) is 0. The predicted molar refractivity (Wildman–Crippen MR) is 122 cm³/mol. The number of Topliss-reactive ketones (excluding diaryl/α,β-unsaturated/α-hetero) is 1. The number of carbonyl (C=O) groups is 1. The zero-order valence-corrected chi connectivity index (χ0v) is 17.8. The highest BCUT2D eigenvalue weighted by molar-refractivity contribution is 6.31. The quantitative estimate of drug-likeness (QED) is 0.491. The van der Waals surface area contributed by atoms with Gasteiger partial charge in [-0.15, -0.1) is 0 Å². The average molecular weight is 436 g/mol. The second kappa shape index (κ2) is 7.68. The Balaban J connectivity index is 1.80. The van der Waals surface area contributed by atoms with E-state index >= 15 is 0 Å². The van der Waals surface area contributed by atoms with Gasteiger partial charge in [-0.2, -0.15) is 10.5 Å². The van der Waals surface area contributed by atoms with Crippen LogP contribution in [0.2, 0.25) is 5.02 Å². The van der Waals surface area contributed by atoms with Gasteiger partial charge in [0.25, 0.3) is 0 Å². The van der Waals surface area contributed by atoms with Crippen molar-refractivity contribution < 1.29 is 4.79 Å². The van der Waals surface area contributed by atoms with Crippen molar-refractivity contribution in [2.75, 3.05) is 0 Å². The summed E-state index contributed by atoms with van der Waals surface area (Å²) in [6.45, 7) is 0. The molecule has 3 aromatic carbocycles. The number of halogens is 1. The minimum atomic E-state index is -1.51. The lowest BCUT2D eigenvalue weighted by atomic mass is 9.67. The van der Waals surface area contributed by atoms with Crippen molar-refractivity contribution in [2.45, 2.75) is 18.0 Å². The van der Waals surface area contributed by atoms with E-state index in [0.717, 1.165) is 11.1 Å². The molecule has 0 bridgehead atoms. The van der Waals surface area contributed by atoms with E-state index in [4.69, 9.17) is 11.6 Å². The van der Waals surface area contributed by atoms with Gasteiger partial charge in [-0.05, 0) is 28.8 Å². The van der Waals surface area contributed by atoms with Crippen molar-refractivity contribution in [2.24, 2.45) is 5.41 Å². The summed E-state index contributed by atoms with van der Waals surface area (Å²) in [4.78, 5) is 15.8. The number of hydrogen-bond acceptors (Lipinski definition) is 4. The zero-order chi connectivity index (χ0) is 22.3. The molecule has 4 nitrogen and oxygen atoms in total. The van der Waals surface area contributed by atoms with Crippen LogP contribution in [0.1, 0.15) is 39.0 Å². The smallest absolute Gasteiger partial charge is 0.185 e. The highest BCUT2D eigenvalue weighted by Crippen LogP contribution is 2.60. The first-order chi connectivity index (χ1) is 15.6. The minimum Gasteiger partial charge on any atom is -0.357 e. The van der Waals surface area contributed by atoms with Crippen LogP contribution >= 0.6 is 11.6 Å². The minimum absolute atomic E-state index is 0.142. The van der Waals surface area contributed by atoms with Crippen LogP contribution in [0, 0.1) is 28.1 Å². The molecule has 0 radical (unpaired) electrons. The first-order valence-corrected chi connectivity index (χ1v) is 10.7. The van der Waals surface area contributed by atoms with Gasteiger partial charge in [0.05, 0.1) is 18.2 Å². The van der Waals surface area contributed by atoms with Gasteiger partial charge in [-0.25, -0.2) is 0 Å². The van der Waals surface area contributed by atoms with Crippen LogP contribution in [0.4, 0.5) is 0 Å². The third kappa shape index (κ3) is 2.78. The Bertz CT molecular complexity index is 1300. The first-order valence-electron chi connectivity index (χ1n) is 10.3. The van der Waals surface area contributed by atoms with Crippen molar-refractivity contribution >= 4 is 23.5 Å². The van der Waals surface area contributed by atoms with Crippen molar-refractivity contribution in [3.05, 3.63) is 112 Å². The Labute approximate surface area is 191 Å². The van der Waals surface area contributed by atoms with E-state index in [1.165, 1.54) is 0 Å². The number of ketones is 1. The number of nitriles is 2. The number of carbonyl (C=O) groups excluding carboxylic acids is 1. The van der Waals surface area contributed by atoms with Crippen LogP contribution in [-0.2, 0) is 0 Å². The molecule has 2 aliphatic rings. The summed E-state index contributed by atoms with van der Waals surface area (Å²) in [5, 5.41) is 21.4. The lowest BCUT2D eigenvalue weighted by Gasteiger charge is -2.34. The Kier molecular flexibility index (Phi) is 4.82. The molecular weight excluding hydrogens is 418 g/mol. The van der Waals surface area contributed by atoms with Crippen LogP contribution < -0.4 is 0 Å². The standard InChI is InChI=1S/C27H18ClN3O/c28-22-13-7-6-12-21(22)23-24(25(32)19-9-2-1-3-10-19)31-15-14-18-8-4-5-11-20(18)26(31)27(23,16-29)17-30/h1-15,23-24,26H/t23-,24-,26-/m1/s1. The fourth-order valence-electron chi connectivity index (χ4n) is 5.14. The molecule has 0 aromatic heterocycles. The van der Waals surface area contributed by atoms with Crippen LogP contribution in [0.25, 0.3) is 6.08 Å². The summed E-state index contributed by atoms with van der Waals surface area (Å²) in [6.07, 6.45) is 3.78. The van der Waals surface area contributed by atoms with E-state index in [-0.39, 0.29) is 5.78 Å². The SMILES string of the molecule is N#CC1(C#N)[C@H](c2ccccc2Cl)[C@H](C(=O)c2ccccc2)N2C=Cc3ccccc3[C@@H]21. The number of hydrogen-bond donors (Lipinski definition) is 0. The molecule has 0 aliphatic carbocycles. The normalized spacial score (nSPS) is 22.3. The molecule has 154 valence electrons. The number of rotatable bonds is 3. The third-order valence-electron chi connectivity index (χ3n) is 6.51. The Hall–Kier alpha value is -3.86.